The van der Waals surface area contributed by atoms with Gasteiger partial charge in [-0.2, -0.15) is 0 Å². The van der Waals surface area contributed by atoms with E-state index in [1.54, 1.807) is 0 Å². The van der Waals surface area contributed by atoms with Gasteiger partial charge in [-0.25, -0.2) is 0 Å². The van der Waals surface area contributed by atoms with Gasteiger partial charge in [0.25, 0.3) is 0 Å². The Hall–Kier alpha value is -2.93. The molecule has 0 aliphatic carbocycles. The van der Waals surface area contributed by atoms with Crippen LogP contribution in [0.2, 0.25) is 0 Å². The molecule has 4 rings (SSSR count). The second kappa shape index (κ2) is 5.36. The van der Waals surface area contributed by atoms with Gasteiger partial charge < -0.3 is 0 Å². The monoisotopic (exact) mass is 295 g/mol. The second-order valence-corrected chi connectivity index (χ2v) is 5.68. The molecular formula is C22H17N. The maximum Gasteiger partial charge on any atom is 0.0652 e. The maximum absolute atomic E-state index is 4.14. The quantitative estimate of drug-likeness (QED) is 0.308. The number of nitrogens with zero attached hydrogens (tertiary/aromatic N) is 1. The van der Waals surface area contributed by atoms with Crippen LogP contribution < -0.4 is 0 Å². The van der Waals surface area contributed by atoms with E-state index in [1.807, 2.05) is 13.0 Å². The van der Waals surface area contributed by atoms with Gasteiger partial charge in [0.2, 0.25) is 0 Å². The fraction of sp³-hybridized carbons (Fsp3) is 0.0455. The van der Waals surface area contributed by atoms with Gasteiger partial charge in [0.05, 0.1) is 5.70 Å². The number of benzene rings is 4. The lowest BCUT2D eigenvalue weighted by molar-refractivity contribution is 1.52. The van der Waals surface area contributed by atoms with E-state index in [1.165, 1.54) is 32.3 Å². The summed E-state index contributed by atoms with van der Waals surface area (Å²) in [5, 5.41) is 7.71. The molecule has 0 saturated carbocycles. The van der Waals surface area contributed by atoms with Crippen molar-refractivity contribution in [3.05, 3.63) is 78.4 Å². The molecule has 0 heterocycles. The van der Waals surface area contributed by atoms with E-state index in [2.05, 4.69) is 78.4 Å². The highest BCUT2D eigenvalue weighted by Gasteiger charge is 2.09. The summed E-state index contributed by atoms with van der Waals surface area (Å²) in [6.07, 6.45) is 2.00. The number of aliphatic imine (C=N–C) groups is 1. The number of allylic oxidation sites excluding steroid dienone is 1. The van der Waals surface area contributed by atoms with E-state index in [4.69, 9.17) is 0 Å². The summed E-state index contributed by atoms with van der Waals surface area (Å²) >= 11 is 0. The summed E-state index contributed by atoms with van der Waals surface area (Å²) in [6.45, 7) is 5.68. The molecule has 0 radical (unpaired) electrons. The summed E-state index contributed by atoms with van der Waals surface area (Å²) in [5.41, 5.74) is 2.03. The van der Waals surface area contributed by atoms with Crippen LogP contribution in [0.5, 0.6) is 0 Å². The topological polar surface area (TPSA) is 12.4 Å². The van der Waals surface area contributed by atoms with Crippen molar-refractivity contribution in [2.24, 2.45) is 4.99 Å². The molecule has 0 amide bonds. The molecule has 0 aromatic heterocycles. The third kappa shape index (κ3) is 2.05. The van der Waals surface area contributed by atoms with Gasteiger partial charge >= 0.3 is 0 Å². The van der Waals surface area contributed by atoms with Gasteiger partial charge in [-0.3, -0.25) is 4.99 Å². The molecule has 0 bridgehead atoms. The Morgan fingerprint density at radius 2 is 1.22 bits per heavy atom. The molecule has 1 nitrogen and oxygen atoms in total. The molecule has 1 heteroatoms. The fourth-order valence-electron chi connectivity index (χ4n) is 3.42. The largest absolute Gasteiger partial charge is 0.264 e. The molecule has 0 N–H and O–H groups in total. The second-order valence-electron chi connectivity index (χ2n) is 5.68. The Morgan fingerprint density at radius 3 is 1.70 bits per heavy atom. The van der Waals surface area contributed by atoms with Crippen LogP contribution in [0.3, 0.4) is 0 Å². The van der Waals surface area contributed by atoms with Crippen molar-refractivity contribution < 1.29 is 0 Å². The zero-order valence-corrected chi connectivity index (χ0v) is 13.1. The molecule has 4 aromatic carbocycles. The first-order valence-electron chi connectivity index (χ1n) is 7.80. The van der Waals surface area contributed by atoms with E-state index in [0.717, 1.165) is 11.3 Å². The molecular weight excluding hydrogens is 278 g/mol. The van der Waals surface area contributed by atoms with Gasteiger partial charge in [0, 0.05) is 5.56 Å². The first-order valence-corrected chi connectivity index (χ1v) is 7.80. The maximum atomic E-state index is 4.14. The van der Waals surface area contributed by atoms with E-state index in [9.17, 15) is 0 Å². The van der Waals surface area contributed by atoms with Crippen molar-refractivity contribution in [3.63, 3.8) is 0 Å². The fourth-order valence-corrected chi connectivity index (χ4v) is 3.42. The molecule has 0 unspecified atom stereocenters. The summed E-state index contributed by atoms with van der Waals surface area (Å²) < 4.78 is 0. The number of hydrogen-bond donors (Lipinski definition) is 0. The van der Waals surface area contributed by atoms with E-state index < -0.39 is 0 Å². The average molecular weight is 295 g/mol. The molecule has 0 fully saturated rings. The van der Waals surface area contributed by atoms with Crippen molar-refractivity contribution in [1.82, 2.24) is 0 Å². The van der Waals surface area contributed by atoms with Gasteiger partial charge in [-0.1, -0.05) is 66.7 Å². The number of rotatable bonds is 2. The highest BCUT2D eigenvalue weighted by molar-refractivity contribution is 6.25. The Balaban J connectivity index is 2.23. The van der Waals surface area contributed by atoms with Gasteiger partial charge in [-0.15, -0.1) is 0 Å². The van der Waals surface area contributed by atoms with E-state index in [-0.39, 0.29) is 0 Å². The Kier molecular flexibility index (Phi) is 3.20. The van der Waals surface area contributed by atoms with Gasteiger partial charge in [0.15, 0.2) is 0 Å². The Labute approximate surface area is 135 Å². The van der Waals surface area contributed by atoms with Crippen molar-refractivity contribution in [3.8, 4) is 0 Å². The van der Waals surface area contributed by atoms with Crippen LogP contribution in [0.1, 0.15) is 12.5 Å². The molecule has 110 valence electrons. The lowest BCUT2D eigenvalue weighted by Gasteiger charge is -2.11. The molecule has 0 atom stereocenters. The van der Waals surface area contributed by atoms with E-state index in [0.29, 0.717) is 0 Å². The zero-order valence-electron chi connectivity index (χ0n) is 13.1. The predicted octanol–water partition coefficient (Wildman–Crippen LogP) is 6.21. The van der Waals surface area contributed by atoms with Crippen LogP contribution in [0, 0.1) is 0 Å². The predicted molar refractivity (Wildman–Crippen MR) is 102 cm³/mol. The van der Waals surface area contributed by atoms with Crippen molar-refractivity contribution in [2.75, 3.05) is 0 Å². The van der Waals surface area contributed by atoms with E-state index >= 15 is 0 Å². The normalized spacial score (nSPS) is 12.1. The first kappa shape index (κ1) is 13.7. The molecule has 0 spiro atoms. The smallest absolute Gasteiger partial charge is 0.0652 e. The van der Waals surface area contributed by atoms with Crippen molar-refractivity contribution in [1.29, 1.82) is 0 Å². The number of hydrogen-bond acceptors (Lipinski definition) is 1. The third-order valence-corrected chi connectivity index (χ3v) is 4.48. The SMILES string of the molecule is C=N/C(=C\C)c1ccc2c3ccccc3c3ccccc3c2c1. The molecule has 4 aromatic rings. The lowest BCUT2D eigenvalue weighted by atomic mass is 9.93. The van der Waals surface area contributed by atoms with Crippen LogP contribution in [0.15, 0.2) is 77.8 Å². The molecule has 23 heavy (non-hydrogen) atoms. The third-order valence-electron chi connectivity index (χ3n) is 4.48. The van der Waals surface area contributed by atoms with Crippen LogP contribution in [-0.4, -0.2) is 6.72 Å². The van der Waals surface area contributed by atoms with Gasteiger partial charge in [-0.05, 0) is 52.0 Å². The summed E-state index contributed by atoms with van der Waals surface area (Å²) in [7, 11) is 0. The van der Waals surface area contributed by atoms with Crippen molar-refractivity contribution >= 4 is 44.7 Å². The van der Waals surface area contributed by atoms with Crippen LogP contribution in [-0.2, 0) is 0 Å². The first-order chi connectivity index (χ1) is 11.3. The van der Waals surface area contributed by atoms with Crippen LogP contribution >= 0.6 is 0 Å². The minimum atomic E-state index is 0.920. The Bertz CT molecular complexity index is 1050. The van der Waals surface area contributed by atoms with Crippen molar-refractivity contribution in [2.45, 2.75) is 6.92 Å². The van der Waals surface area contributed by atoms with Gasteiger partial charge in [0.1, 0.15) is 0 Å². The summed E-state index contributed by atoms with van der Waals surface area (Å²) in [4.78, 5) is 4.14. The summed E-state index contributed by atoms with van der Waals surface area (Å²) in [6, 6.07) is 23.8. The minimum Gasteiger partial charge on any atom is -0.264 e. The highest BCUT2D eigenvalue weighted by Crippen LogP contribution is 2.36. The average Bonchev–Trinajstić information content (AvgIpc) is 2.63. The zero-order chi connectivity index (χ0) is 15.8. The van der Waals surface area contributed by atoms with Crippen LogP contribution in [0.4, 0.5) is 0 Å². The lowest BCUT2D eigenvalue weighted by Crippen LogP contribution is -1.86. The van der Waals surface area contributed by atoms with Crippen LogP contribution in [0.25, 0.3) is 38.0 Å². The summed E-state index contributed by atoms with van der Waals surface area (Å²) in [5.74, 6) is 0. The standard InChI is InChI=1S/C22H17N/c1-3-22(23-2)15-12-13-20-18-10-5-4-8-16(18)17-9-6-7-11-19(17)21(20)14-15/h3-14H,2H2,1H3/b22-3-. The number of fused-ring (bicyclic) bond motifs is 6. The molecule has 0 saturated heterocycles. The highest BCUT2D eigenvalue weighted by atomic mass is 14.7. The molecule has 0 aliphatic rings. The minimum absolute atomic E-state index is 0.920. The molecule has 0 aliphatic heterocycles. The Morgan fingerprint density at radius 1 is 0.739 bits per heavy atom.